The zero-order chi connectivity index (χ0) is 11.3. The second-order valence-electron chi connectivity index (χ2n) is 4.05. The summed E-state index contributed by atoms with van der Waals surface area (Å²) in [6.07, 6.45) is 2.30. The van der Waals surface area contributed by atoms with Gasteiger partial charge in [0.2, 0.25) is 0 Å². The third-order valence-electron chi connectivity index (χ3n) is 2.39. The second-order valence-corrected chi connectivity index (χ2v) is 4.05. The van der Waals surface area contributed by atoms with Crippen LogP contribution in [0.25, 0.3) is 0 Å². The lowest BCUT2D eigenvalue weighted by molar-refractivity contribution is 0.339. The summed E-state index contributed by atoms with van der Waals surface area (Å²) in [6, 6.07) is 6.54. The fourth-order valence-corrected chi connectivity index (χ4v) is 1.63. The van der Waals surface area contributed by atoms with Crippen LogP contribution in [0.15, 0.2) is 18.2 Å². The molecule has 0 atom stereocenters. The molecule has 0 aliphatic heterocycles. The highest BCUT2D eigenvalue weighted by molar-refractivity contribution is 5.40. The van der Waals surface area contributed by atoms with E-state index >= 15 is 0 Å². The van der Waals surface area contributed by atoms with Crippen molar-refractivity contribution >= 4 is 0 Å². The van der Waals surface area contributed by atoms with Crippen LogP contribution < -0.4 is 4.74 Å². The molecule has 1 aromatic carbocycles. The first-order valence-corrected chi connectivity index (χ1v) is 5.74. The standard InChI is InChI=1S/C14H21O/c1-5-7-12-8-13(11(3)4)10-14(9-12)15-6-2/h8-10H,5-7H2,1-4H3. The Morgan fingerprint density at radius 3 is 2.40 bits per heavy atom. The first-order valence-electron chi connectivity index (χ1n) is 5.74. The van der Waals surface area contributed by atoms with Gasteiger partial charge >= 0.3 is 0 Å². The summed E-state index contributed by atoms with van der Waals surface area (Å²) >= 11 is 0. The van der Waals surface area contributed by atoms with Gasteiger partial charge in [-0.15, -0.1) is 0 Å². The molecule has 0 bridgehead atoms. The van der Waals surface area contributed by atoms with Gasteiger partial charge in [-0.3, -0.25) is 0 Å². The van der Waals surface area contributed by atoms with Gasteiger partial charge in [0, 0.05) is 0 Å². The first kappa shape index (κ1) is 12.1. The Hall–Kier alpha value is -0.980. The topological polar surface area (TPSA) is 9.23 Å². The molecule has 0 heterocycles. The summed E-state index contributed by atoms with van der Waals surface area (Å²) < 4.78 is 5.57. The average molecular weight is 205 g/mol. The van der Waals surface area contributed by atoms with Crippen molar-refractivity contribution in [2.24, 2.45) is 0 Å². The molecule has 0 N–H and O–H groups in total. The van der Waals surface area contributed by atoms with E-state index in [1.807, 2.05) is 6.92 Å². The molecule has 0 unspecified atom stereocenters. The Labute approximate surface area is 93.5 Å². The van der Waals surface area contributed by atoms with E-state index in [1.165, 1.54) is 23.5 Å². The Balaban J connectivity index is 2.97. The minimum atomic E-state index is 0.734. The first-order chi connectivity index (χ1) is 7.17. The summed E-state index contributed by atoms with van der Waals surface area (Å²) in [5.41, 5.74) is 2.67. The Kier molecular flexibility index (Phi) is 4.67. The number of aryl methyl sites for hydroxylation is 1. The molecule has 1 aromatic rings. The van der Waals surface area contributed by atoms with E-state index in [2.05, 4.69) is 39.0 Å². The fraction of sp³-hybridized carbons (Fsp3) is 0.500. The predicted molar refractivity (Wildman–Crippen MR) is 65.3 cm³/mol. The van der Waals surface area contributed by atoms with Crippen LogP contribution in [-0.4, -0.2) is 6.61 Å². The van der Waals surface area contributed by atoms with Gasteiger partial charge in [-0.2, -0.15) is 0 Å². The molecule has 15 heavy (non-hydrogen) atoms. The van der Waals surface area contributed by atoms with E-state index in [-0.39, 0.29) is 0 Å². The summed E-state index contributed by atoms with van der Waals surface area (Å²) in [5, 5.41) is 0. The maximum Gasteiger partial charge on any atom is 0.119 e. The highest BCUT2D eigenvalue weighted by atomic mass is 16.5. The monoisotopic (exact) mass is 205 g/mol. The smallest absolute Gasteiger partial charge is 0.119 e. The molecule has 0 saturated carbocycles. The van der Waals surface area contributed by atoms with Crippen molar-refractivity contribution in [1.29, 1.82) is 0 Å². The van der Waals surface area contributed by atoms with E-state index in [0.717, 1.165) is 18.8 Å². The van der Waals surface area contributed by atoms with Crippen molar-refractivity contribution in [3.63, 3.8) is 0 Å². The average Bonchev–Trinajstić information content (AvgIpc) is 2.18. The van der Waals surface area contributed by atoms with Gasteiger partial charge in [0.15, 0.2) is 0 Å². The lowest BCUT2D eigenvalue weighted by Gasteiger charge is -2.11. The minimum Gasteiger partial charge on any atom is -0.494 e. The van der Waals surface area contributed by atoms with Crippen LogP contribution >= 0.6 is 0 Å². The van der Waals surface area contributed by atoms with Crippen LogP contribution in [0.5, 0.6) is 5.75 Å². The molecular weight excluding hydrogens is 184 g/mol. The normalized spacial score (nSPS) is 10.7. The molecule has 83 valence electrons. The highest BCUT2D eigenvalue weighted by Gasteiger charge is 2.05. The SMILES string of the molecule is CCCc1cc(OCC)cc([C](C)C)c1. The maximum absolute atomic E-state index is 5.57. The lowest BCUT2D eigenvalue weighted by Crippen LogP contribution is -1.97. The molecule has 1 rings (SSSR count). The molecule has 1 nitrogen and oxygen atoms in total. The molecule has 1 heteroatoms. The molecule has 0 fully saturated rings. The minimum absolute atomic E-state index is 0.734. The summed E-state index contributed by atoms with van der Waals surface area (Å²) in [7, 11) is 0. The van der Waals surface area contributed by atoms with Gasteiger partial charge in [-0.25, -0.2) is 0 Å². The van der Waals surface area contributed by atoms with Crippen molar-refractivity contribution in [3.8, 4) is 5.75 Å². The Morgan fingerprint density at radius 1 is 1.13 bits per heavy atom. The van der Waals surface area contributed by atoms with Crippen molar-refractivity contribution < 1.29 is 4.74 Å². The van der Waals surface area contributed by atoms with Gasteiger partial charge in [0.25, 0.3) is 0 Å². The summed E-state index contributed by atoms with van der Waals surface area (Å²) in [5.74, 6) is 2.34. The molecule has 0 aliphatic rings. The van der Waals surface area contributed by atoms with Gasteiger partial charge in [0.1, 0.15) is 5.75 Å². The summed E-state index contributed by atoms with van der Waals surface area (Å²) in [4.78, 5) is 0. The number of hydrogen-bond donors (Lipinski definition) is 0. The lowest BCUT2D eigenvalue weighted by atomic mass is 9.98. The number of benzene rings is 1. The zero-order valence-electron chi connectivity index (χ0n) is 10.3. The fourth-order valence-electron chi connectivity index (χ4n) is 1.63. The quantitative estimate of drug-likeness (QED) is 0.706. The van der Waals surface area contributed by atoms with E-state index in [9.17, 15) is 0 Å². The molecule has 0 aliphatic carbocycles. The van der Waals surface area contributed by atoms with E-state index in [4.69, 9.17) is 4.74 Å². The van der Waals surface area contributed by atoms with Crippen molar-refractivity contribution in [2.75, 3.05) is 6.61 Å². The van der Waals surface area contributed by atoms with Crippen LogP contribution in [0, 0.1) is 5.92 Å². The van der Waals surface area contributed by atoms with Gasteiger partial charge in [-0.05, 0) is 42.5 Å². The van der Waals surface area contributed by atoms with Gasteiger partial charge in [0.05, 0.1) is 6.61 Å². The summed E-state index contributed by atoms with van der Waals surface area (Å²) in [6.45, 7) is 9.24. The highest BCUT2D eigenvalue weighted by Crippen LogP contribution is 2.23. The number of ether oxygens (including phenoxy) is 1. The Morgan fingerprint density at radius 2 is 1.87 bits per heavy atom. The molecule has 0 aromatic heterocycles. The molecule has 1 radical (unpaired) electrons. The largest absolute Gasteiger partial charge is 0.494 e. The molecule has 0 amide bonds. The van der Waals surface area contributed by atoms with Crippen LogP contribution in [0.4, 0.5) is 0 Å². The molecule has 0 spiro atoms. The molecule has 0 saturated heterocycles. The Bertz CT molecular complexity index is 278. The zero-order valence-corrected chi connectivity index (χ0v) is 10.3. The van der Waals surface area contributed by atoms with Crippen molar-refractivity contribution in [1.82, 2.24) is 0 Å². The third kappa shape index (κ3) is 3.58. The van der Waals surface area contributed by atoms with Gasteiger partial charge < -0.3 is 4.74 Å². The van der Waals surface area contributed by atoms with Crippen LogP contribution in [0.2, 0.25) is 0 Å². The number of rotatable bonds is 5. The van der Waals surface area contributed by atoms with Crippen molar-refractivity contribution in [3.05, 3.63) is 35.2 Å². The third-order valence-corrected chi connectivity index (χ3v) is 2.39. The maximum atomic E-state index is 5.57. The van der Waals surface area contributed by atoms with Crippen LogP contribution in [-0.2, 0) is 6.42 Å². The van der Waals surface area contributed by atoms with E-state index in [0.29, 0.717) is 0 Å². The number of hydrogen-bond acceptors (Lipinski definition) is 1. The van der Waals surface area contributed by atoms with Crippen LogP contribution in [0.1, 0.15) is 45.2 Å². The second kappa shape index (κ2) is 5.79. The molecular formula is C14H21O. The van der Waals surface area contributed by atoms with E-state index in [1.54, 1.807) is 0 Å². The van der Waals surface area contributed by atoms with Gasteiger partial charge in [-0.1, -0.05) is 33.3 Å². The predicted octanol–water partition coefficient (Wildman–Crippen LogP) is 4.00. The van der Waals surface area contributed by atoms with Crippen LogP contribution in [0.3, 0.4) is 0 Å². The van der Waals surface area contributed by atoms with Crippen molar-refractivity contribution in [2.45, 2.75) is 40.5 Å². The van der Waals surface area contributed by atoms with E-state index < -0.39 is 0 Å².